The zero-order valence-corrected chi connectivity index (χ0v) is 13.4. The van der Waals surface area contributed by atoms with Gasteiger partial charge in [-0.15, -0.1) is 0 Å². The van der Waals surface area contributed by atoms with Gasteiger partial charge in [-0.1, -0.05) is 0 Å². The molecule has 0 aliphatic carbocycles. The normalized spacial score (nSPS) is 22.1. The van der Waals surface area contributed by atoms with E-state index in [1.165, 1.54) is 11.6 Å². The molecule has 1 aromatic rings. The number of carbonyl (C=O) groups is 1. The number of amides is 1. The van der Waals surface area contributed by atoms with Crippen molar-refractivity contribution in [1.29, 1.82) is 0 Å². The maximum Gasteiger partial charge on any atom is 0.287 e. The fraction of sp³-hybridized carbons (Fsp3) is 0.583. The third kappa shape index (κ3) is 2.71. The van der Waals surface area contributed by atoms with Crippen LogP contribution in [0.1, 0.15) is 24.7 Å². The molecule has 1 amide bonds. The van der Waals surface area contributed by atoms with E-state index in [4.69, 9.17) is 0 Å². The number of alkyl halides is 2. The highest BCUT2D eigenvalue weighted by molar-refractivity contribution is 9.10. The minimum absolute atomic E-state index is 0.274. The molecule has 116 valence electrons. The highest BCUT2D eigenvalue weighted by atomic mass is 79.9. The smallest absolute Gasteiger partial charge is 0.287 e. The van der Waals surface area contributed by atoms with Crippen LogP contribution in [0.25, 0.3) is 0 Å². The molecule has 1 aliphatic heterocycles. The molecule has 1 atom stereocenters. The molecule has 6 nitrogen and oxygen atoms in total. The van der Waals surface area contributed by atoms with Crippen LogP contribution in [0.3, 0.4) is 0 Å². The first-order chi connectivity index (χ1) is 9.66. The molecule has 0 saturated heterocycles. The van der Waals surface area contributed by atoms with Gasteiger partial charge in [-0.25, -0.2) is 8.78 Å². The molecule has 1 aliphatic rings. The molecular weight excluding hydrogens is 350 g/mol. The zero-order valence-electron chi connectivity index (χ0n) is 11.8. The summed E-state index contributed by atoms with van der Waals surface area (Å²) in [5, 5.41) is 18.3. The number of carbonyl (C=O) groups excluding carboxylic acids is 1. The molecule has 0 saturated carbocycles. The lowest BCUT2D eigenvalue weighted by Crippen LogP contribution is -2.52. The topological polar surface area (TPSA) is 70.7 Å². The first-order valence-electron chi connectivity index (χ1n) is 6.24. The summed E-state index contributed by atoms with van der Waals surface area (Å²) in [6, 6.07) is 0. The van der Waals surface area contributed by atoms with Crippen LogP contribution >= 0.6 is 15.9 Å². The minimum Gasteiger partial charge on any atom is -0.364 e. The zero-order chi connectivity index (χ0) is 15.9. The predicted molar refractivity (Wildman–Crippen MR) is 74.9 cm³/mol. The van der Waals surface area contributed by atoms with Crippen LogP contribution in [0.15, 0.2) is 9.57 Å². The van der Waals surface area contributed by atoms with Crippen LogP contribution in [0.4, 0.5) is 8.78 Å². The Hall–Kier alpha value is -1.35. The van der Waals surface area contributed by atoms with E-state index < -0.39 is 18.1 Å². The van der Waals surface area contributed by atoms with Crippen molar-refractivity contribution in [2.45, 2.75) is 45.9 Å². The molecule has 0 bridgehead atoms. The molecule has 9 heteroatoms. The molecule has 1 N–H and O–H groups in total. The number of aromatic nitrogens is 2. The van der Waals surface area contributed by atoms with E-state index in [1.807, 2.05) is 0 Å². The summed E-state index contributed by atoms with van der Waals surface area (Å²) in [6.07, 6.45) is -3.47. The van der Waals surface area contributed by atoms with E-state index in [0.29, 0.717) is 16.4 Å². The molecule has 0 fully saturated rings. The van der Waals surface area contributed by atoms with Crippen molar-refractivity contribution in [3.8, 4) is 0 Å². The highest BCUT2D eigenvalue weighted by Gasteiger charge is 2.50. The number of hydrogen-bond acceptors (Lipinski definition) is 4. The second-order valence-electron chi connectivity index (χ2n) is 5.04. The number of hydrogen-bond donors (Lipinski definition) is 1. The van der Waals surface area contributed by atoms with Crippen molar-refractivity contribution in [2.75, 3.05) is 0 Å². The van der Waals surface area contributed by atoms with Gasteiger partial charge in [0.1, 0.15) is 6.54 Å². The average molecular weight is 365 g/mol. The summed E-state index contributed by atoms with van der Waals surface area (Å²) in [6.45, 7) is 4.71. The van der Waals surface area contributed by atoms with Crippen LogP contribution in [-0.4, -0.2) is 43.7 Å². The summed E-state index contributed by atoms with van der Waals surface area (Å²) < 4.78 is 28.2. The molecule has 0 aromatic carbocycles. The van der Waals surface area contributed by atoms with Crippen LogP contribution in [-0.2, 0) is 11.3 Å². The first kappa shape index (κ1) is 16.0. The third-order valence-corrected chi connectivity index (χ3v) is 4.47. The van der Waals surface area contributed by atoms with Gasteiger partial charge < -0.3 is 5.11 Å². The number of halogens is 3. The van der Waals surface area contributed by atoms with E-state index in [0.717, 1.165) is 4.47 Å². The third-order valence-electron chi connectivity index (χ3n) is 3.32. The van der Waals surface area contributed by atoms with Crippen molar-refractivity contribution in [1.82, 2.24) is 14.8 Å². The van der Waals surface area contributed by atoms with Crippen LogP contribution in [0.2, 0.25) is 0 Å². The van der Waals surface area contributed by atoms with E-state index in [-0.39, 0.29) is 18.7 Å². The van der Waals surface area contributed by atoms with Crippen LogP contribution < -0.4 is 0 Å². The molecule has 0 spiro atoms. The minimum atomic E-state index is -3.10. The fourth-order valence-corrected chi connectivity index (χ4v) is 2.49. The van der Waals surface area contributed by atoms with Gasteiger partial charge in [-0.2, -0.15) is 15.2 Å². The van der Waals surface area contributed by atoms with Gasteiger partial charge in [0, 0.05) is 12.1 Å². The number of aryl methyl sites for hydroxylation is 1. The van der Waals surface area contributed by atoms with Gasteiger partial charge in [-0.3, -0.25) is 9.48 Å². The monoisotopic (exact) mass is 364 g/mol. The van der Waals surface area contributed by atoms with Crippen LogP contribution in [0.5, 0.6) is 0 Å². The quantitative estimate of drug-likeness (QED) is 0.889. The van der Waals surface area contributed by atoms with Gasteiger partial charge in [-0.05, 0) is 36.7 Å². The molecule has 2 rings (SSSR count). The van der Waals surface area contributed by atoms with E-state index in [9.17, 15) is 18.7 Å². The largest absolute Gasteiger partial charge is 0.364 e. The molecule has 2 heterocycles. The first-order valence-corrected chi connectivity index (χ1v) is 7.03. The standard InChI is InChI=1S/C12H15BrF2N4O2/c1-6-4-12(21,11(14)15)19(16-6)9(20)5-18-8(3)10(13)7(2)17-18/h11,21H,4-5H2,1-3H3. The Balaban J connectivity index is 2.25. The van der Waals surface area contributed by atoms with E-state index in [2.05, 4.69) is 26.1 Å². The van der Waals surface area contributed by atoms with Gasteiger partial charge >= 0.3 is 0 Å². The lowest BCUT2D eigenvalue weighted by Gasteiger charge is -2.30. The number of hydrazone groups is 1. The summed E-state index contributed by atoms with van der Waals surface area (Å²) in [5.74, 6) is -0.743. The molecular formula is C12H15BrF2N4O2. The van der Waals surface area contributed by atoms with Gasteiger partial charge in [0.05, 0.1) is 15.9 Å². The average Bonchev–Trinajstić information content (AvgIpc) is 2.83. The van der Waals surface area contributed by atoms with Gasteiger partial charge in [0.25, 0.3) is 12.3 Å². The summed E-state index contributed by atoms with van der Waals surface area (Å²) in [4.78, 5) is 12.2. The lowest BCUT2D eigenvalue weighted by atomic mass is 10.1. The molecule has 1 unspecified atom stereocenters. The SMILES string of the molecule is CC1=NN(C(=O)Cn2nc(C)c(Br)c2C)C(O)(C(F)F)C1. The van der Waals surface area contributed by atoms with Gasteiger partial charge in [0.15, 0.2) is 0 Å². The van der Waals surface area contributed by atoms with E-state index in [1.54, 1.807) is 13.8 Å². The second kappa shape index (κ2) is 5.45. The fourth-order valence-electron chi connectivity index (χ4n) is 2.21. The lowest BCUT2D eigenvalue weighted by molar-refractivity contribution is -0.192. The summed E-state index contributed by atoms with van der Waals surface area (Å²) in [7, 11) is 0. The maximum atomic E-state index is 13.0. The Morgan fingerprint density at radius 1 is 1.48 bits per heavy atom. The van der Waals surface area contributed by atoms with Crippen LogP contribution in [0, 0.1) is 13.8 Å². The Morgan fingerprint density at radius 2 is 2.10 bits per heavy atom. The highest BCUT2D eigenvalue weighted by Crippen LogP contribution is 2.31. The van der Waals surface area contributed by atoms with E-state index >= 15 is 0 Å². The Morgan fingerprint density at radius 3 is 2.57 bits per heavy atom. The summed E-state index contributed by atoms with van der Waals surface area (Å²) in [5.41, 5.74) is -0.915. The van der Waals surface area contributed by atoms with Crippen molar-refractivity contribution in [3.05, 3.63) is 15.9 Å². The Bertz CT molecular complexity index is 617. The number of aliphatic hydroxyl groups is 1. The molecule has 21 heavy (non-hydrogen) atoms. The summed E-state index contributed by atoms with van der Waals surface area (Å²) >= 11 is 3.32. The maximum absolute atomic E-state index is 13.0. The van der Waals surface area contributed by atoms with Crippen molar-refractivity contribution in [2.24, 2.45) is 5.10 Å². The molecule has 0 radical (unpaired) electrons. The number of nitrogens with zero attached hydrogens (tertiary/aromatic N) is 4. The van der Waals surface area contributed by atoms with Crippen molar-refractivity contribution in [3.63, 3.8) is 0 Å². The second-order valence-corrected chi connectivity index (χ2v) is 5.83. The van der Waals surface area contributed by atoms with Gasteiger partial charge in [0.2, 0.25) is 5.72 Å². The van der Waals surface area contributed by atoms with Crippen molar-refractivity contribution >= 4 is 27.5 Å². The number of rotatable bonds is 3. The van der Waals surface area contributed by atoms with Crippen molar-refractivity contribution < 1.29 is 18.7 Å². The molecule has 1 aromatic heterocycles. The predicted octanol–water partition coefficient (Wildman–Crippen LogP) is 1.82. The Labute approximate surface area is 128 Å². The Kier molecular flexibility index (Phi) is 4.16.